The molecule has 4 heteroatoms. The first-order valence-electron chi connectivity index (χ1n) is 7.01. The molecule has 0 saturated carbocycles. The molecule has 2 heterocycles. The van der Waals surface area contributed by atoms with E-state index in [1.807, 2.05) is 12.1 Å². The summed E-state index contributed by atoms with van der Waals surface area (Å²) < 4.78 is 0. The zero-order chi connectivity index (χ0) is 13.2. The second kappa shape index (κ2) is 5.31. The standard InChI is InChI=1S/C15H20N2O2/c18-15(19)14-6-2-1-4-12(14)10-16-8-9-17-7-3-5-13(17)11-16/h1-2,4,6,13H,3,5,7-11H2,(H,18,19). The first kappa shape index (κ1) is 12.6. The van der Waals surface area contributed by atoms with Gasteiger partial charge in [-0.2, -0.15) is 0 Å². The zero-order valence-electron chi connectivity index (χ0n) is 11.1. The molecule has 0 aliphatic carbocycles. The third kappa shape index (κ3) is 2.65. The molecule has 0 bridgehead atoms. The SMILES string of the molecule is O=C(O)c1ccccc1CN1CCN2CCCC2C1. The van der Waals surface area contributed by atoms with Crippen LogP contribution in [0.1, 0.15) is 28.8 Å². The third-order valence-corrected chi connectivity index (χ3v) is 4.31. The van der Waals surface area contributed by atoms with E-state index in [2.05, 4.69) is 9.80 Å². The highest BCUT2D eigenvalue weighted by Crippen LogP contribution is 2.23. The minimum absolute atomic E-state index is 0.441. The van der Waals surface area contributed by atoms with E-state index < -0.39 is 5.97 Å². The predicted octanol–water partition coefficient (Wildman–Crippen LogP) is 1.66. The number of carboxylic acids is 1. The van der Waals surface area contributed by atoms with Gasteiger partial charge in [0.05, 0.1) is 5.56 Å². The van der Waals surface area contributed by atoms with Crippen LogP contribution in [-0.4, -0.2) is 53.1 Å². The molecule has 0 aromatic heterocycles. The van der Waals surface area contributed by atoms with Gasteiger partial charge in [-0.3, -0.25) is 9.80 Å². The van der Waals surface area contributed by atoms with Crippen LogP contribution in [0.3, 0.4) is 0 Å². The highest BCUT2D eigenvalue weighted by molar-refractivity contribution is 5.89. The maximum absolute atomic E-state index is 11.2. The van der Waals surface area contributed by atoms with Gasteiger partial charge >= 0.3 is 5.97 Å². The normalized spacial score (nSPS) is 24.3. The lowest BCUT2D eigenvalue weighted by Gasteiger charge is -2.37. The van der Waals surface area contributed by atoms with E-state index in [1.165, 1.54) is 19.4 Å². The largest absolute Gasteiger partial charge is 0.478 e. The first-order valence-corrected chi connectivity index (χ1v) is 7.01. The van der Waals surface area contributed by atoms with Crippen LogP contribution in [0.25, 0.3) is 0 Å². The Morgan fingerprint density at radius 2 is 2.11 bits per heavy atom. The van der Waals surface area contributed by atoms with Crippen LogP contribution in [-0.2, 0) is 6.54 Å². The Morgan fingerprint density at radius 1 is 1.26 bits per heavy atom. The summed E-state index contributed by atoms with van der Waals surface area (Å²) in [6.07, 6.45) is 2.60. The Balaban J connectivity index is 1.70. The molecule has 4 nitrogen and oxygen atoms in total. The Labute approximate surface area is 113 Å². The molecule has 1 atom stereocenters. The van der Waals surface area contributed by atoms with Gasteiger partial charge in [0, 0.05) is 32.2 Å². The summed E-state index contributed by atoms with van der Waals surface area (Å²) >= 11 is 0. The van der Waals surface area contributed by atoms with E-state index in [-0.39, 0.29) is 0 Å². The van der Waals surface area contributed by atoms with Gasteiger partial charge in [-0.25, -0.2) is 4.79 Å². The third-order valence-electron chi connectivity index (χ3n) is 4.31. The zero-order valence-corrected chi connectivity index (χ0v) is 11.1. The Morgan fingerprint density at radius 3 is 2.95 bits per heavy atom. The van der Waals surface area contributed by atoms with Gasteiger partial charge in [0.2, 0.25) is 0 Å². The van der Waals surface area contributed by atoms with Crippen molar-refractivity contribution in [3.05, 3.63) is 35.4 Å². The van der Waals surface area contributed by atoms with Crippen LogP contribution in [0.4, 0.5) is 0 Å². The van der Waals surface area contributed by atoms with Gasteiger partial charge in [0.25, 0.3) is 0 Å². The fraction of sp³-hybridized carbons (Fsp3) is 0.533. The fourth-order valence-corrected chi connectivity index (χ4v) is 3.31. The van der Waals surface area contributed by atoms with Gasteiger partial charge in [-0.15, -0.1) is 0 Å². The van der Waals surface area contributed by atoms with Crippen molar-refractivity contribution in [1.29, 1.82) is 0 Å². The number of fused-ring (bicyclic) bond motifs is 1. The summed E-state index contributed by atoms with van der Waals surface area (Å²) in [5.74, 6) is -0.824. The lowest BCUT2D eigenvalue weighted by molar-refractivity contribution is 0.0690. The number of nitrogens with zero attached hydrogens (tertiary/aromatic N) is 2. The van der Waals surface area contributed by atoms with E-state index >= 15 is 0 Å². The average Bonchev–Trinajstić information content (AvgIpc) is 2.86. The molecule has 1 N–H and O–H groups in total. The van der Waals surface area contributed by atoms with Crippen molar-refractivity contribution in [2.24, 2.45) is 0 Å². The molecule has 1 aromatic carbocycles. The molecule has 0 radical (unpaired) electrons. The molecule has 2 aliphatic rings. The van der Waals surface area contributed by atoms with Crippen molar-refractivity contribution in [3.8, 4) is 0 Å². The average molecular weight is 260 g/mol. The summed E-state index contributed by atoms with van der Waals surface area (Å²) in [6, 6.07) is 8.04. The molecule has 19 heavy (non-hydrogen) atoms. The molecule has 2 aliphatic heterocycles. The van der Waals surface area contributed by atoms with E-state index in [0.717, 1.165) is 31.7 Å². The van der Waals surface area contributed by atoms with E-state index in [9.17, 15) is 9.90 Å². The Bertz CT molecular complexity index is 475. The van der Waals surface area contributed by atoms with Crippen LogP contribution in [0.15, 0.2) is 24.3 Å². The first-order chi connectivity index (χ1) is 9.24. The summed E-state index contributed by atoms with van der Waals surface area (Å²) in [5.41, 5.74) is 1.37. The van der Waals surface area contributed by atoms with Crippen molar-refractivity contribution in [1.82, 2.24) is 9.80 Å². The topological polar surface area (TPSA) is 43.8 Å². The Kier molecular flexibility index (Phi) is 3.53. The van der Waals surface area contributed by atoms with Crippen LogP contribution in [0.2, 0.25) is 0 Å². The maximum atomic E-state index is 11.2. The molecule has 0 amide bonds. The van der Waals surface area contributed by atoms with E-state index in [1.54, 1.807) is 12.1 Å². The van der Waals surface area contributed by atoms with Gasteiger partial charge in [0.15, 0.2) is 0 Å². The van der Waals surface area contributed by atoms with Gasteiger partial charge in [0.1, 0.15) is 0 Å². The number of piperazine rings is 1. The van der Waals surface area contributed by atoms with Crippen LogP contribution >= 0.6 is 0 Å². The highest BCUT2D eigenvalue weighted by Gasteiger charge is 2.30. The minimum Gasteiger partial charge on any atom is -0.478 e. The number of carbonyl (C=O) groups is 1. The predicted molar refractivity (Wildman–Crippen MR) is 73.3 cm³/mol. The van der Waals surface area contributed by atoms with E-state index in [4.69, 9.17) is 0 Å². The van der Waals surface area contributed by atoms with Crippen LogP contribution in [0, 0.1) is 0 Å². The van der Waals surface area contributed by atoms with E-state index in [0.29, 0.717) is 11.6 Å². The molecule has 0 spiro atoms. The molecule has 102 valence electrons. The number of aromatic carboxylic acids is 1. The second-order valence-electron chi connectivity index (χ2n) is 5.53. The number of rotatable bonds is 3. The summed E-state index contributed by atoms with van der Waals surface area (Å²) in [5, 5.41) is 9.22. The van der Waals surface area contributed by atoms with Gasteiger partial charge in [-0.1, -0.05) is 18.2 Å². The number of benzene rings is 1. The van der Waals surface area contributed by atoms with Crippen molar-refractivity contribution in [3.63, 3.8) is 0 Å². The molecular formula is C15H20N2O2. The summed E-state index contributed by atoms with van der Waals surface area (Å²) in [7, 11) is 0. The fourth-order valence-electron chi connectivity index (χ4n) is 3.31. The quantitative estimate of drug-likeness (QED) is 0.897. The number of hydrogen-bond donors (Lipinski definition) is 1. The maximum Gasteiger partial charge on any atom is 0.336 e. The van der Waals surface area contributed by atoms with Crippen molar-refractivity contribution in [2.75, 3.05) is 26.2 Å². The monoisotopic (exact) mass is 260 g/mol. The van der Waals surface area contributed by atoms with Crippen molar-refractivity contribution >= 4 is 5.97 Å². The van der Waals surface area contributed by atoms with Crippen molar-refractivity contribution in [2.45, 2.75) is 25.4 Å². The number of hydrogen-bond acceptors (Lipinski definition) is 3. The lowest BCUT2D eigenvalue weighted by atomic mass is 10.1. The molecule has 3 rings (SSSR count). The highest BCUT2D eigenvalue weighted by atomic mass is 16.4. The molecule has 1 aromatic rings. The Hall–Kier alpha value is -1.39. The van der Waals surface area contributed by atoms with Crippen molar-refractivity contribution < 1.29 is 9.90 Å². The lowest BCUT2D eigenvalue weighted by Crippen LogP contribution is -2.49. The molecular weight excluding hydrogens is 240 g/mol. The second-order valence-corrected chi connectivity index (χ2v) is 5.53. The van der Waals surface area contributed by atoms with Crippen LogP contribution in [0.5, 0.6) is 0 Å². The smallest absolute Gasteiger partial charge is 0.336 e. The molecule has 1 unspecified atom stereocenters. The summed E-state index contributed by atoms with van der Waals surface area (Å²) in [4.78, 5) is 16.2. The van der Waals surface area contributed by atoms with Gasteiger partial charge < -0.3 is 5.11 Å². The number of carboxylic acid groups (broad SMARTS) is 1. The molecule has 2 saturated heterocycles. The summed E-state index contributed by atoms with van der Waals surface area (Å²) in [6.45, 7) is 5.25. The van der Waals surface area contributed by atoms with Gasteiger partial charge in [-0.05, 0) is 31.0 Å². The molecule has 2 fully saturated rings. The minimum atomic E-state index is -0.824. The van der Waals surface area contributed by atoms with Crippen LogP contribution < -0.4 is 0 Å².